The summed E-state index contributed by atoms with van der Waals surface area (Å²) in [7, 11) is 4.99. The van der Waals surface area contributed by atoms with Crippen LogP contribution in [0.4, 0.5) is 0 Å². The Hall–Kier alpha value is -2.76. The zero-order valence-corrected chi connectivity index (χ0v) is 13.5. The summed E-state index contributed by atoms with van der Waals surface area (Å²) in [6.07, 6.45) is 1.74. The SMILES string of the molecule is COc1ccccc1CN(C)C(=O)COC(=O)c1cccn1C. The number of likely N-dealkylation sites (N-methyl/N-ethyl adjacent to an activating group) is 1. The van der Waals surface area contributed by atoms with Gasteiger partial charge in [0, 0.05) is 32.4 Å². The molecule has 6 heteroatoms. The van der Waals surface area contributed by atoms with Gasteiger partial charge in [-0.1, -0.05) is 18.2 Å². The number of hydrogen-bond acceptors (Lipinski definition) is 4. The number of benzene rings is 1. The van der Waals surface area contributed by atoms with Gasteiger partial charge in [0.2, 0.25) is 0 Å². The quantitative estimate of drug-likeness (QED) is 0.763. The lowest BCUT2D eigenvalue weighted by atomic mass is 10.2. The zero-order chi connectivity index (χ0) is 16.8. The number of aromatic nitrogens is 1. The molecule has 0 saturated carbocycles. The molecule has 1 aromatic heterocycles. The number of hydrogen-bond donors (Lipinski definition) is 0. The predicted molar refractivity (Wildman–Crippen MR) is 85.2 cm³/mol. The van der Waals surface area contributed by atoms with Crippen molar-refractivity contribution in [2.24, 2.45) is 7.05 Å². The number of amides is 1. The molecule has 2 rings (SSSR count). The van der Waals surface area contributed by atoms with Gasteiger partial charge in [-0.25, -0.2) is 4.79 Å². The van der Waals surface area contributed by atoms with Crippen molar-refractivity contribution in [3.63, 3.8) is 0 Å². The number of aryl methyl sites for hydroxylation is 1. The Balaban J connectivity index is 1.90. The molecule has 1 aromatic carbocycles. The number of carbonyl (C=O) groups excluding carboxylic acids is 2. The largest absolute Gasteiger partial charge is 0.496 e. The van der Waals surface area contributed by atoms with Crippen molar-refractivity contribution in [2.45, 2.75) is 6.54 Å². The van der Waals surface area contributed by atoms with Crippen LogP contribution < -0.4 is 4.74 Å². The maximum Gasteiger partial charge on any atom is 0.355 e. The van der Waals surface area contributed by atoms with Gasteiger partial charge < -0.3 is 18.9 Å². The number of carbonyl (C=O) groups is 2. The molecule has 6 nitrogen and oxygen atoms in total. The van der Waals surface area contributed by atoms with Crippen molar-refractivity contribution in [1.82, 2.24) is 9.47 Å². The summed E-state index contributed by atoms with van der Waals surface area (Å²) in [4.78, 5) is 25.5. The highest BCUT2D eigenvalue weighted by atomic mass is 16.5. The minimum Gasteiger partial charge on any atom is -0.496 e. The van der Waals surface area contributed by atoms with E-state index in [0.717, 1.165) is 5.56 Å². The van der Waals surface area contributed by atoms with E-state index in [1.165, 1.54) is 4.90 Å². The number of methoxy groups -OCH3 is 1. The zero-order valence-electron chi connectivity index (χ0n) is 13.5. The second-order valence-corrected chi connectivity index (χ2v) is 5.14. The summed E-state index contributed by atoms with van der Waals surface area (Å²) in [5.74, 6) is -0.0806. The topological polar surface area (TPSA) is 60.8 Å². The van der Waals surface area contributed by atoms with Crippen molar-refractivity contribution in [3.05, 3.63) is 53.9 Å². The smallest absolute Gasteiger partial charge is 0.355 e. The summed E-state index contributed by atoms with van der Waals surface area (Å²) < 4.78 is 12.0. The van der Waals surface area contributed by atoms with Crippen molar-refractivity contribution >= 4 is 11.9 Å². The molecule has 0 saturated heterocycles. The van der Waals surface area contributed by atoms with Crippen molar-refractivity contribution in [2.75, 3.05) is 20.8 Å². The summed E-state index contributed by atoms with van der Waals surface area (Å²) in [6, 6.07) is 10.9. The molecule has 0 fully saturated rings. The standard InChI is InChI=1S/C17H20N2O4/c1-18-10-6-8-14(18)17(21)23-12-16(20)19(2)11-13-7-4-5-9-15(13)22-3/h4-10H,11-12H2,1-3H3. The third kappa shape index (κ3) is 4.12. The fourth-order valence-electron chi connectivity index (χ4n) is 2.16. The lowest BCUT2D eigenvalue weighted by Gasteiger charge is -2.18. The molecule has 0 atom stereocenters. The minimum absolute atomic E-state index is 0.279. The number of nitrogens with zero attached hydrogens (tertiary/aromatic N) is 2. The third-order valence-corrected chi connectivity index (χ3v) is 3.51. The van der Waals surface area contributed by atoms with Crippen LogP contribution >= 0.6 is 0 Å². The second-order valence-electron chi connectivity index (χ2n) is 5.14. The average Bonchev–Trinajstić information content (AvgIpc) is 2.98. The van der Waals surface area contributed by atoms with Gasteiger partial charge in [-0.3, -0.25) is 4.79 Å². The first-order valence-electron chi connectivity index (χ1n) is 7.17. The highest BCUT2D eigenvalue weighted by Crippen LogP contribution is 2.18. The summed E-state index contributed by atoms with van der Waals surface area (Å²) in [5.41, 5.74) is 1.30. The maximum absolute atomic E-state index is 12.1. The van der Waals surface area contributed by atoms with Crippen molar-refractivity contribution in [1.29, 1.82) is 0 Å². The molecule has 0 radical (unpaired) electrons. The first-order chi connectivity index (χ1) is 11.0. The van der Waals surface area contributed by atoms with Crippen LogP contribution in [0, 0.1) is 0 Å². The van der Waals surface area contributed by atoms with Gasteiger partial charge >= 0.3 is 5.97 Å². The molecule has 0 unspecified atom stereocenters. The molecule has 0 aliphatic heterocycles. The Bertz CT molecular complexity index is 693. The Morgan fingerprint density at radius 1 is 1.17 bits per heavy atom. The third-order valence-electron chi connectivity index (χ3n) is 3.51. The molecule has 0 aliphatic rings. The second kappa shape index (κ2) is 7.49. The highest BCUT2D eigenvalue weighted by Gasteiger charge is 2.16. The van der Waals surface area contributed by atoms with E-state index in [0.29, 0.717) is 18.0 Å². The van der Waals surface area contributed by atoms with Crippen LogP contribution in [0.25, 0.3) is 0 Å². The van der Waals surface area contributed by atoms with Gasteiger partial charge in [-0.05, 0) is 18.2 Å². The number of esters is 1. The predicted octanol–water partition coefficient (Wildman–Crippen LogP) is 1.85. The van der Waals surface area contributed by atoms with E-state index in [9.17, 15) is 9.59 Å². The highest BCUT2D eigenvalue weighted by molar-refractivity contribution is 5.89. The van der Waals surface area contributed by atoms with Crippen LogP contribution in [0.5, 0.6) is 5.75 Å². The first-order valence-corrected chi connectivity index (χ1v) is 7.17. The molecular formula is C17H20N2O4. The van der Waals surface area contributed by atoms with Gasteiger partial charge in [0.25, 0.3) is 5.91 Å². The molecule has 2 aromatic rings. The van der Waals surface area contributed by atoms with Crippen LogP contribution in [0.2, 0.25) is 0 Å². The van der Waals surface area contributed by atoms with E-state index in [2.05, 4.69) is 0 Å². The molecule has 0 spiro atoms. The van der Waals surface area contributed by atoms with Gasteiger partial charge in [0.15, 0.2) is 6.61 Å². The fourth-order valence-corrected chi connectivity index (χ4v) is 2.16. The molecular weight excluding hydrogens is 296 g/mol. The normalized spacial score (nSPS) is 10.2. The first kappa shape index (κ1) is 16.6. The molecule has 1 heterocycles. The maximum atomic E-state index is 12.1. The van der Waals surface area contributed by atoms with E-state index in [-0.39, 0.29) is 12.5 Å². The van der Waals surface area contributed by atoms with Crippen LogP contribution in [-0.2, 0) is 23.1 Å². The van der Waals surface area contributed by atoms with Gasteiger partial charge in [-0.2, -0.15) is 0 Å². The molecule has 0 N–H and O–H groups in total. The van der Waals surface area contributed by atoms with Gasteiger partial charge in [0.05, 0.1) is 7.11 Å². The molecule has 1 amide bonds. The number of para-hydroxylation sites is 1. The molecule has 0 bridgehead atoms. The average molecular weight is 316 g/mol. The van der Waals surface area contributed by atoms with Gasteiger partial charge in [-0.15, -0.1) is 0 Å². The van der Waals surface area contributed by atoms with Gasteiger partial charge in [0.1, 0.15) is 11.4 Å². The lowest BCUT2D eigenvalue weighted by molar-refractivity contribution is -0.133. The van der Waals surface area contributed by atoms with Crippen LogP contribution in [-0.4, -0.2) is 42.1 Å². The molecule has 122 valence electrons. The van der Waals surface area contributed by atoms with E-state index >= 15 is 0 Å². The Labute approximate surface area is 135 Å². The monoisotopic (exact) mass is 316 g/mol. The van der Waals surface area contributed by atoms with Crippen LogP contribution in [0.3, 0.4) is 0 Å². The van der Waals surface area contributed by atoms with E-state index in [1.54, 1.807) is 44.1 Å². The Morgan fingerprint density at radius 3 is 2.57 bits per heavy atom. The molecule has 23 heavy (non-hydrogen) atoms. The van der Waals surface area contributed by atoms with Crippen molar-refractivity contribution < 1.29 is 19.1 Å². The van der Waals surface area contributed by atoms with E-state index in [4.69, 9.17) is 9.47 Å². The van der Waals surface area contributed by atoms with Crippen molar-refractivity contribution in [3.8, 4) is 5.75 Å². The minimum atomic E-state index is -0.517. The molecule has 0 aliphatic carbocycles. The van der Waals surface area contributed by atoms with Crippen LogP contribution in [0.1, 0.15) is 16.1 Å². The Morgan fingerprint density at radius 2 is 1.91 bits per heavy atom. The lowest BCUT2D eigenvalue weighted by Crippen LogP contribution is -2.31. The number of rotatable bonds is 6. The van der Waals surface area contributed by atoms with E-state index in [1.807, 2.05) is 24.3 Å². The van der Waals surface area contributed by atoms with E-state index < -0.39 is 5.97 Å². The summed E-state index contributed by atoms with van der Waals surface area (Å²) in [5, 5.41) is 0. The van der Waals surface area contributed by atoms with Crippen LogP contribution in [0.15, 0.2) is 42.6 Å². The summed E-state index contributed by atoms with van der Waals surface area (Å²) >= 11 is 0. The fraction of sp³-hybridized carbons (Fsp3) is 0.294. The summed E-state index contributed by atoms with van der Waals surface area (Å²) in [6.45, 7) is 0.0835. The Kier molecular flexibility index (Phi) is 5.41. The number of ether oxygens (including phenoxy) is 2.